The van der Waals surface area contributed by atoms with Gasteiger partial charge in [-0.1, -0.05) is 19.3 Å². The van der Waals surface area contributed by atoms with Gasteiger partial charge in [0.2, 0.25) is 0 Å². The van der Waals surface area contributed by atoms with E-state index in [1.54, 1.807) is 0 Å². The van der Waals surface area contributed by atoms with E-state index >= 15 is 0 Å². The van der Waals surface area contributed by atoms with E-state index in [-0.39, 0.29) is 17.3 Å². The summed E-state index contributed by atoms with van der Waals surface area (Å²) in [5, 5.41) is 8.81. The van der Waals surface area contributed by atoms with Crippen molar-refractivity contribution < 1.29 is 14.7 Å². The Balaban J connectivity index is 1.63. The summed E-state index contributed by atoms with van der Waals surface area (Å²) < 4.78 is 0. The summed E-state index contributed by atoms with van der Waals surface area (Å²) in [6, 6.07) is 0. The van der Waals surface area contributed by atoms with Gasteiger partial charge in [0.15, 0.2) is 5.69 Å². The highest BCUT2D eigenvalue weighted by atomic mass is 16.4. The Kier molecular flexibility index (Phi) is 4.09. The van der Waals surface area contributed by atoms with Crippen LogP contribution in [0.5, 0.6) is 0 Å². The molecule has 1 aromatic rings. The zero-order chi connectivity index (χ0) is 15.6. The quantitative estimate of drug-likeness (QED) is 0.906. The summed E-state index contributed by atoms with van der Waals surface area (Å²) >= 11 is 0. The summed E-state index contributed by atoms with van der Waals surface area (Å²) in [7, 11) is 0. The fraction of sp³-hybridized carbons (Fsp3) is 0.625. The Bertz CT molecular complexity index is 555. The van der Waals surface area contributed by atoms with E-state index in [2.05, 4.69) is 9.97 Å². The first-order chi connectivity index (χ1) is 10.6. The fourth-order valence-corrected chi connectivity index (χ4v) is 3.70. The summed E-state index contributed by atoms with van der Waals surface area (Å²) in [6.45, 7) is 1.53. The van der Waals surface area contributed by atoms with Crippen LogP contribution in [0, 0.1) is 5.41 Å². The van der Waals surface area contributed by atoms with E-state index in [1.807, 2.05) is 4.90 Å². The van der Waals surface area contributed by atoms with E-state index in [0.717, 1.165) is 32.1 Å². The number of likely N-dealkylation sites (tertiary alicyclic amines) is 1. The first kappa shape index (κ1) is 14.9. The van der Waals surface area contributed by atoms with Gasteiger partial charge in [0, 0.05) is 13.1 Å². The molecule has 0 aromatic carbocycles. The molecule has 1 N–H and O–H groups in total. The van der Waals surface area contributed by atoms with Crippen LogP contribution in [-0.4, -0.2) is 44.9 Å². The van der Waals surface area contributed by atoms with E-state index in [9.17, 15) is 9.59 Å². The number of rotatable bonds is 2. The Morgan fingerprint density at radius 3 is 2.09 bits per heavy atom. The zero-order valence-electron chi connectivity index (χ0n) is 12.6. The molecule has 1 spiro atoms. The molecule has 1 saturated heterocycles. The lowest BCUT2D eigenvalue weighted by Crippen LogP contribution is -2.44. The average molecular weight is 303 g/mol. The van der Waals surface area contributed by atoms with Gasteiger partial charge in [-0.05, 0) is 31.1 Å². The number of carbonyl (C=O) groups is 2. The molecule has 1 aliphatic heterocycles. The van der Waals surface area contributed by atoms with Crippen LogP contribution in [0.25, 0.3) is 0 Å². The van der Waals surface area contributed by atoms with Crippen molar-refractivity contribution in [3.8, 4) is 0 Å². The van der Waals surface area contributed by atoms with Gasteiger partial charge in [-0.15, -0.1) is 0 Å². The maximum atomic E-state index is 12.4. The number of hydrogen-bond acceptors (Lipinski definition) is 4. The van der Waals surface area contributed by atoms with Gasteiger partial charge < -0.3 is 10.0 Å². The summed E-state index contributed by atoms with van der Waals surface area (Å²) in [6.07, 6.45) is 11.1. The highest BCUT2D eigenvalue weighted by Gasteiger charge is 2.37. The number of carboxylic acids is 1. The maximum Gasteiger partial charge on any atom is 0.356 e. The number of amides is 1. The summed E-state index contributed by atoms with van der Waals surface area (Å²) in [5.41, 5.74) is 0.536. The molecule has 2 fully saturated rings. The molecule has 6 nitrogen and oxygen atoms in total. The predicted molar refractivity (Wildman–Crippen MR) is 79.6 cm³/mol. The third-order valence-electron chi connectivity index (χ3n) is 5.12. The standard InChI is InChI=1S/C16H21N3O3/c20-14(12-10-18-13(11-17-12)15(21)22)19-8-6-16(7-9-19)4-2-1-3-5-16/h10-11H,1-9H2,(H,21,22). The fourth-order valence-electron chi connectivity index (χ4n) is 3.70. The van der Waals surface area contributed by atoms with E-state index in [0.29, 0.717) is 5.41 Å². The van der Waals surface area contributed by atoms with E-state index < -0.39 is 5.97 Å². The van der Waals surface area contributed by atoms with Gasteiger partial charge in [0.25, 0.3) is 5.91 Å². The van der Waals surface area contributed by atoms with Crippen molar-refractivity contribution in [1.29, 1.82) is 0 Å². The second-order valence-corrected chi connectivity index (χ2v) is 6.44. The van der Waals surface area contributed by atoms with Crippen molar-refractivity contribution >= 4 is 11.9 Å². The molecule has 6 heteroatoms. The van der Waals surface area contributed by atoms with Gasteiger partial charge in [-0.2, -0.15) is 0 Å². The average Bonchev–Trinajstić information content (AvgIpc) is 2.56. The first-order valence-corrected chi connectivity index (χ1v) is 7.94. The van der Waals surface area contributed by atoms with Gasteiger partial charge in [0.1, 0.15) is 5.69 Å². The molecule has 1 aromatic heterocycles. The molecular weight excluding hydrogens is 282 g/mol. The molecule has 2 heterocycles. The maximum absolute atomic E-state index is 12.4. The summed E-state index contributed by atoms with van der Waals surface area (Å²) in [5.74, 6) is -1.28. The lowest BCUT2D eigenvalue weighted by molar-refractivity contribution is 0.0466. The van der Waals surface area contributed by atoms with Crippen molar-refractivity contribution in [3.63, 3.8) is 0 Å². The monoisotopic (exact) mass is 303 g/mol. The Morgan fingerprint density at radius 1 is 0.955 bits per heavy atom. The molecule has 1 aliphatic carbocycles. The van der Waals surface area contributed by atoms with Gasteiger partial charge in [0.05, 0.1) is 12.4 Å². The smallest absolute Gasteiger partial charge is 0.356 e. The third-order valence-corrected chi connectivity index (χ3v) is 5.12. The number of piperidine rings is 1. The van der Waals surface area contributed by atoms with Crippen molar-refractivity contribution in [2.75, 3.05) is 13.1 Å². The van der Waals surface area contributed by atoms with Crippen molar-refractivity contribution in [1.82, 2.24) is 14.9 Å². The Labute approximate surface area is 129 Å². The minimum absolute atomic E-state index is 0.142. The molecule has 22 heavy (non-hydrogen) atoms. The number of carbonyl (C=O) groups excluding carboxylic acids is 1. The van der Waals surface area contributed by atoms with Crippen LogP contribution in [0.4, 0.5) is 0 Å². The van der Waals surface area contributed by atoms with Crippen LogP contribution in [0.2, 0.25) is 0 Å². The minimum atomic E-state index is -1.14. The van der Waals surface area contributed by atoms with Crippen LogP contribution in [0.15, 0.2) is 12.4 Å². The van der Waals surface area contributed by atoms with Gasteiger partial charge in [-0.3, -0.25) is 4.79 Å². The number of aromatic carboxylic acids is 1. The summed E-state index contributed by atoms with van der Waals surface area (Å²) in [4.78, 5) is 32.7. The highest BCUT2D eigenvalue weighted by Crippen LogP contribution is 2.44. The van der Waals surface area contributed by atoms with Crippen LogP contribution in [0.1, 0.15) is 65.9 Å². The molecular formula is C16H21N3O3. The highest BCUT2D eigenvalue weighted by molar-refractivity contribution is 5.92. The van der Waals surface area contributed by atoms with E-state index in [1.165, 1.54) is 38.3 Å². The zero-order valence-corrected chi connectivity index (χ0v) is 12.6. The number of carboxylic acid groups (broad SMARTS) is 1. The molecule has 1 saturated carbocycles. The lowest BCUT2D eigenvalue weighted by atomic mass is 9.68. The molecule has 0 bridgehead atoms. The predicted octanol–water partition coefficient (Wildman–Crippen LogP) is 2.36. The normalized spacial score (nSPS) is 20.8. The molecule has 0 atom stereocenters. The van der Waals surface area contributed by atoms with Gasteiger partial charge >= 0.3 is 5.97 Å². The topological polar surface area (TPSA) is 83.4 Å². The van der Waals surface area contributed by atoms with Crippen LogP contribution in [-0.2, 0) is 0 Å². The van der Waals surface area contributed by atoms with Crippen LogP contribution in [0.3, 0.4) is 0 Å². The van der Waals surface area contributed by atoms with Crippen molar-refractivity contribution in [3.05, 3.63) is 23.8 Å². The van der Waals surface area contributed by atoms with Gasteiger partial charge in [-0.25, -0.2) is 14.8 Å². The molecule has 0 unspecified atom stereocenters. The molecule has 2 aliphatic rings. The number of hydrogen-bond donors (Lipinski definition) is 1. The third kappa shape index (κ3) is 2.96. The molecule has 1 amide bonds. The first-order valence-electron chi connectivity index (χ1n) is 7.94. The van der Waals surface area contributed by atoms with Crippen LogP contribution >= 0.6 is 0 Å². The second kappa shape index (κ2) is 6.02. The van der Waals surface area contributed by atoms with Crippen molar-refractivity contribution in [2.24, 2.45) is 5.41 Å². The van der Waals surface area contributed by atoms with Crippen molar-refractivity contribution in [2.45, 2.75) is 44.9 Å². The largest absolute Gasteiger partial charge is 0.476 e. The molecule has 3 rings (SSSR count). The minimum Gasteiger partial charge on any atom is -0.476 e. The Morgan fingerprint density at radius 2 is 1.55 bits per heavy atom. The SMILES string of the molecule is O=C(O)c1cnc(C(=O)N2CCC3(CCCCC3)CC2)cn1. The van der Waals surface area contributed by atoms with E-state index in [4.69, 9.17) is 5.11 Å². The second-order valence-electron chi connectivity index (χ2n) is 6.44. The molecule has 118 valence electrons. The molecule has 0 radical (unpaired) electrons. The van der Waals surface area contributed by atoms with Crippen LogP contribution < -0.4 is 0 Å². The lowest BCUT2D eigenvalue weighted by Gasteiger charge is -2.44. The number of nitrogens with zero attached hydrogens (tertiary/aromatic N) is 3. The number of aromatic nitrogens is 2. The Hall–Kier alpha value is -1.98.